The molecule has 1 heteroatoms. The summed E-state index contributed by atoms with van der Waals surface area (Å²) >= 11 is 0. The van der Waals surface area contributed by atoms with Crippen LogP contribution in [0, 0.1) is 6.92 Å². The van der Waals surface area contributed by atoms with Crippen molar-refractivity contribution in [3.05, 3.63) is 101 Å². The Morgan fingerprint density at radius 2 is 0.808 bits per heavy atom. The van der Waals surface area contributed by atoms with Crippen LogP contribution in [-0.2, 0) is 10.8 Å². The van der Waals surface area contributed by atoms with E-state index in [2.05, 4.69) is 114 Å². The first-order valence-electron chi connectivity index (χ1n) is 21.6. The molecule has 0 saturated heterocycles. The van der Waals surface area contributed by atoms with Gasteiger partial charge in [0.05, 0.1) is 6.61 Å². The fraction of sp³-hybridized carbons (Fsp3) is 0.529. The second kappa shape index (κ2) is 17.7. The summed E-state index contributed by atoms with van der Waals surface area (Å²) in [4.78, 5) is 0. The van der Waals surface area contributed by atoms with Crippen LogP contribution in [0.15, 0.2) is 72.8 Å². The van der Waals surface area contributed by atoms with Crippen LogP contribution in [0.25, 0.3) is 33.4 Å². The molecule has 4 aromatic rings. The van der Waals surface area contributed by atoms with E-state index >= 15 is 0 Å². The van der Waals surface area contributed by atoms with E-state index in [1.165, 1.54) is 159 Å². The van der Waals surface area contributed by atoms with Gasteiger partial charge in [-0.1, -0.05) is 172 Å². The van der Waals surface area contributed by atoms with E-state index in [4.69, 9.17) is 4.74 Å². The highest BCUT2D eigenvalue weighted by Gasteiger charge is 2.44. The Kier molecular flexibility index (Phi) is 13.1. The molecule has 2 aliphatic carbocycles. The third kappa shape index (κ3) is 7.54. The van der Waals surface area contributed by atoms with Gasteiger partial charge in [0.25, 0.3) is 0 Å². The molecule has 0 atom stereocenters. The molecule has 0 radical (unpaired) electrons. The van der Waals surface area contributed by atoms with Crippen molar-refractivity contribution >= 4 is 0 Å². The second-order valence-corrected chi connectivity index (χ2v) is 16.5. The normalized spacial score (nSPS) is 14.6. The number of hydrogen-bond donors (Lipinski definition) is 0. The van der Waals surface area contributed by atoms with E-state index in [1.54, 1.807) is 11.1 Å². The van der Waals surface area contributed by atoms with Gasteiger partial charge >= 0.3 is 0 Å². The van der Waals surface area contributed by atoms with Crippen molar-refractivity contribution < 1.29 is 4.74 Å². The van der Waals surface area contributed by atoms with Gasteiger partial charge in [0.2, 0.25) is 0 Å². The molecule has 0 amide bonds. The molecule has 0 aliphatic heterocycles. The molecule has 0 fully saturated rings. The van der Waals surface area contributed by atoms with Crippen LogP contribution in [0.4, 0.5) is 0 Å². The predicted octanol–water partition coefficient (Wildman–Crippen LogP) is 15.7. The molecule has 1 nitrogen and oxygen atoms in total. The molecule has 0 heterocycles. The first-order chi connectivity index (χ1) is 25.5. The van der Waals surface area contributed by atoms with Gasteiger partial charge in [0.1, 0.15) is 5.75 Å². The third-order valence-corrected chi connectivity index (χ3v) is 12.7. The summed E-state index contributed by atoms with van der Waals surface area (Å²) in [5.41, 5.74) is 16.1. The standard InChI is InChI=1S/C51H68O/c1-7-12-13-14-15-16-17-18-19-20-33-52-41-24-28-45-44-27-23-40(36-48(44)51(31-10-4,32-11-5)49(45)37-41)39-22-26-43-42-25-21-38(6)34-46(42)50(29-8-2,30-9-3)47(43)35-39/h21-28,34-37H,7-20,29-33H2,1-6H3. The van der Waals surface area contributed by atoms with Crippen LogP contribution in [0.2, 0.25) is 0 Å². The first-order valence-corrected chi connectivity index (χ1v) is 21.6. The van der Waals surface area contributed by atoms with E-state index in [0.717, 1.165) is 18.8 Å². The maximum Gasteiger partial charge on any atom is 0.119 e. The number of aryl methyl sites for hydroxylation is 1. The number of hydrogen-bond acceptors (Lipinski definition) is 1. The summed E-state index contributed by atoms with van der Waals surface area (Å²) in [5, 5.41) is 0. The van der Waals surface area contributed by atoms with Crippen LogP contribution >= 0.6 is 0 Å². The van der Waals surface area contributed by atoms with Crippen molar-refractivity contribution in [1.29, 1.82) is 0 Å². The van der Waals surface area contributed by atoms with Crippen LogP contribution in [-0.4, -0.2) is 6.61 Å². The van der Waals surface area contributed by atoms with E-state index in [1.807, 2.05) is 0 Å². The molecule has 2 aliphatic rings. The quantitative estimate of drug-likeness (QED) is 0.0788. The maximum atomic E-state index is 6.48. The number of rotatable bonds is 21. The molecular formula is C51H68O. The molecule has 52 heavy (non-hydrogen) atoms. The predicted molar refractivity (Wildman–Crippen MR) is 226 cm³/mol. The smallest absolute Gasteiger partial charge is 0.119 e. The Morgan fingerprint density at radius 3 is 1.29 bits per heavy atom. The average molecular weight is 697 g/mol. The monoisotopic (exact) mass is 697 g/mol. The number of fused-ring (bicyclic) bond motifs is 6. The lowest BCUT2D eigenvalue weighted by molar-refractivity contribution is 0.303. The highest BCUT2D eigenvalue weighted by molar-refractivity contribution is 5.87. The van der Waals surface area contributed by atoms with E-state index < -0.39 is 0 Å². The molecule has 6 rings (SSSR count). The Bertz CT molecular complexity index is 1760. The molecule has 0 bridgehead atoms. The first kappa shape index (κ1) is 38.4. The molecule has 0 saturated carbocycles. The van der Waals surface area contributed by atoms with Crippen molar-refractivity contribution in [2.24, 2.45) is 0 Å². The Hall–Kier alpha value is -3.32. The zero-order valence-electron chi connectivity index (χ0n) is 33.8. The van der Waals surface area contributed by atoms with Crippen molar-refractivity contribution in [1.82, 2.24) is 0 Å². The van der Waals surface area contributed by atoms with E-state index in [0.29, 0.717) is 0 Å². The van der Waals surface area contributed by atoms with Crippen molar-refractivity contribution in [3.8, 4) is 39.1 Å². The second-order valence-electron chi connectivity index (χ2n) is 16.5. The highest BCUT2D eigenvalue weighted by atomic mass is 16.5. The van der Waals surface area contributed by atoms with Crippen LogP contribution in [0.1, 0.15) is 178 Å². The zero-order valence-corrected chi connectivity index (χ0v) is 33.8. The zero-order chi connectivity index (χ0) is 36.6. The SMILES string of the molecule is CCCCCCCCCCCCOc1ccc2c(c1)C(CCC)(CCC)c1cc(-c3ccc4c(c3)C(CCC)(CCC)c3cc(C)ccc3-4)ccc1-2. The van der Waals surface area contributed by atoms with Gasteiger partial charge < -0.3 is 4.74 Å². The van der Waals surface area contributed by atoms with Crippen LogP contribution in [0.3, 0.4) is 0 Å². The fourth-order valence-corrected chi connectivity index (χ4v) is 10.3. The van der Waals surface area contributed by atoms with Gasteiger partial charge in [-0.3, -0.25) is 0 Å². The molecule has 278 valence electrons. The molecule has 0 N–H and O–H groups in total. The fourth-order valence-electron chi connectivity index (χ4n) is 10.3. The summed E-state index contributed by atoms with van der Waals surface area (Å²) in [7, 11) is 0. The lowest BCUT2D eigenvalue weighted by atomic mass is 9.70. The van der Waals surface area contributed by atoms with Crippen molar-refractivity contribution in [2.45, 2.75) is 168 Å². The summed E-state index contributed by atoms with van der Waals surface area (Å²) < 4.78 is 6.48. The maximum absolute atomic E-state index is 6.48. The Labute approximate surface area is 318 Å². The minimum Gasteiger partial charge on any atom is -0.494 e. The summed E-state index contributed by atoms with van der Waals surface area (Å²) in [6.45, 7) is 14.8. The minimum atomic E-state index is 0.0271. The highest BCUT2D eigenvalue weighted by Crippen LogP contribution is 2.57. The molecule has 0 spiro atoms. The Morgan fingerprint density at radius 1 is 0.404 bits per heavy atom. The molecule has 0 aromatic heterocycles. The van der Waals surface area contributed by atoms with Crippen LogP contribution < -0.4 is 4.74 Å². The average Bonchev–Trinajstić information content (AvgIpc) is 3.56. The van der Waals surface area contributed by atoms with Crippen LogP contribution in [0.5, 0.6) is 5.75 Å². The summed E-state index contributed by atoms with van der Waals surface area (Å²) in [5.74, 6) is 1.05. The van der Waals surface area contributed by atoms with Gasteiger partial charge in [0.15, 0.2) is 0 Å². The summed E-state index contributed by atoms with van der Waals surface area (Å²) in [6.07, 6.45) is 23.0. The largest absolute Gasteiger partial charge is 0.494 e. The number of unbranched alkanes of at least 4 members (excludes halogenated alkanes) is 9. The number of ether oxygens (including phenoxy) is 1. The third-order valence-electron chi connectivity index (χ3n) is 12.7. The minimum absolute atomic E-state index is 0.0271. The lowest BCUT2D eigenvalue weighted by Gasteiger charge is -2.33. The van der Waals surface area contributed by atoms with Gasteiger partial charge in [-0.2, -0.15) is 0 Å². The van der Waals surface area contributed by atoms with Gasteiger partial charge in [-0.15, -0.1) is 0 Å². The van der Waals surface area contributed by atoms with Crippen molar-refractivity contribution in [3.63, 3.8) is 0 Å². The summed E-state index contributed by atoms with van der Waals surface area (Å²) in [6, 6.07) is 29.1. The molecule has 0 unspecified atom stereocenters. The van der Waals surface area contributed by atoms with Gasteiger partial charge in [-0.05, 0) is 119 Å². The number of benzene rings is 4. The van der Waals surface area contributed by atoms with Gasteiger partial charge in [-0.25, -0.2) is 0 Å². The molecule has 4 aromatic carbocycles. The Balaban J connectivity index is 1.25. The topological polar surface area (TPSA) is 9.23 Å². The van der Waals surface area contributed by atoms with Gasteiger partial charge in [0, 0.05) is 10.8 Å². The van der Waals surface area contributed by atoms with E-state index in [-0.39, 0.29) is 10.8 Å². The molecular weight excluding hydrogens is 629 g/mol. The van der Waals surface area contributed by atoms with E-state index in [9.17, 15) is 0 Å². The lowest BCUT2D eigenvalue weighted by Crippen LogP contribution is -2.25. The van der Waals surface area contributed by atoms with Crippen molar-refractivity contribution in [2.75, 3.05) is 6.61 Å².